The zero-order valence-electron chi connectivity index (χ0n) is 14.9. The summed E-state index contributed by atoms with van der Waals surface area (Å²) in [5, 5.41) is 13.2. The number of rotatable bonds is 5. The number of thioether (sulfide) groups is 1. The number of nitro groups is 1. The Morgan fingerprint density at radius 1 is 1.39 bits per heavy atom. The van der Waals surface area contributed by atoms with Crippen LogP contribution in [-0.4, -0.2) is 28.0 Å². The summed E-state index contributed by atoms with van der Waals surface area (Å²) >= 11 is 2.56. The molecule has 150 valence electrons. The molecule has 1 atom stereocenters. The zero-order valence-corrected chi connectivity index (χ0v) is 16.5. The Morgan fingerprint density at radius 2 is 2.14 bits per heavy atom. The van der Waals surface area contributed by atoms with E-state index in [4.69, 9.17) is 0 Å². The molecule has 2 heterocycles. The average Bonchev–Trinajstić information content (AvgIpc) is 3.13. The Bertz CT molecular complexity index is 898. The third-order valence-electron chi connectivity index (χ3n) is 4.64. The Kier molecular flexibility index (Phi) is 5.99. The van der Waals surface area contributed by atoms with E-state index in [1.807, 2.05) is 18.4 Å². The predicted molar refractivity (Wildman–Crippen MR) is 102 cm³/mol. The van der Waals surface area contributed by atoms with Gasteiger partial charge >= 0.3 is 6.18 Å². The third kappa shape index (κ3) is 4.17. The lowest BCUT2D eigenvalue weighted by atomic mass is 9.98. The second kappa shape index (κ2) is 8.12. The van der Waals surface area contributed by atoms with E-state index in [-0.39, 0.29) is 22.6 Å². The first kappa shape index (κ1) is 20.7. The summed E-state index contributed by atoms with van der Waals surface area (Å²) in [7, 11) is 0. The molecular formula is C18H17F3N2O3S2. The fourth-order valence-corrected chi connectivity index (χ4v) is 5.13. The Morgan fingerprint density at radius 3 is 2.79 bits per heavy atom. The number of carbonyl (C=O) groups excluding carboxylic acids is 1. The van der Waals surface area contributed by atoms with Gasteiger partial charge < -0.3 is 4.90 Å². The van der Waals surface area contributed by atoms with Crippen LogP contribution in [0.2, 0.25) is 0 Å². The maximum Gasteiger partial charge on any atom is 0.416 e. The first-order valence-corrected chi connectivity index (χ1v) is 10.4. The summed E-state index contributed by atoms with van der Waals surface area (Å²) in [5.74, 6) is -0.245. The molecule has 1 amide bonds. The van der Waals surface area contributed by atoms with Gasteiger partial charge in [-0.25, -0.2) is 0 Å². The van der Waals surface area contributed by atoms with Crippen molar-refractivity contribution >= 4 is 34.7 Å². The average molecular weight is 430 g/mol. The van der Waals surface area contributed by atoms with Crippen molar-refractivity contribution in [2.45, 2.75) is 36.9 Å². The highest BCUT2D eigenvalue weighted by molar-refractivity contribution is 8.00. The van der Waals surface area contributed by atoms with Gasteiger partial charge in [0.05, 0.1) is 27.2 Å². The Balaban J connectivity index is 1.75. The third-order valence-corrected chi connectivity index (χ3v) is 6.68. The van der Waals surface area contributed by atoms with Crippen LogP contribution >= 0.6 is 23.1 Å². The van der Waals surface area contributed by atoms with E-state index in [2.05, 4.69) is 0 Å². The second-order valence-corrected chi connectivity index (χ2v) is 8.30. The number of benzene rings is 1. The van der Waals surface area contributed by atoms with Crippen molar-refractivity contribution < 1.29 is 22.9 Å². The van der Waals surface area contributed by atoms with Crippen LogP contribution in [0.3, 0.4) is 0 Å². The van der Waals surface area contributed by atoms with E-state index in [9.17, 15) is 28.1 Å². The minimum Gasteiger partial charge on any atom is -0.335 e. The van der Waals surface area contributed by atoms with Crippen molar-refractivity contribution in [3.63, 3.8) is 0 Å². The van der Waals surface area contributed by atoms with Gasteiger partial charge in [0.1, 0.15) is 0 Å². The summed E-state index contributed by atoms with van der Waals surface area (Å²) in [6, 6.07) is 4.35. The number of hydrogen-bond donors (Lipinski definition) is 0. The largest absolute Gasteiger partial charge is 0.416 e. The molecule has 1 aromatic heterocycles. The van der Waals surface area contributed by atoms with E-state index in [1.165, 1.54) is 4.88 Å². The summed E-state index contributed by atoms with van der Waals surface area (Å²) < 4.78 is 38.4. The van der Waals surface area contributed by atoms with Crippen molar-refractivity contribution in [1.82, 2.24) is 4.90 Å². The van der Waals surface area contributed by atoms with E-state index in [0.29, 0.717) is 12.6 Å². The van der Waals surface area contributed by atoms with Crippen molar-refractivity contribution in [3.8, 4) is 0 Å². The molecule has 1 aliphatic rings. The van der Waals surface area contributed by atoms with E-state index in [0.717, 1.165) is 42.3 Å². The van der Waals surface area contributed by atoms with Crippen LogP contribution in [0.15, 0.2) is 34.5 Å². The summed E-state index contributed by atoms with van der Waals surface area (Å²) in [6.07, 6.45) is -3.15. The highest BCUT2D eigenvalue weighted by atomic mass is 32.2. The highest BCUT2D eigenvalue weighted by Gasteiger charge is 2.34. The molecule has 1 aromatic carbocycles. The van der Waals surface area contributed by atoms with Gasteiger partial charge in [-0.1, -0.05) is 6.92 Å². The lowest BCUT2D eigenvalue weighted by molar-refractivity contribution is -0.388. The molecule has 0 saturated heterocycles. The van der Waals surface area contributed by atoms with Gasteiger partial charge in [0.15, 0.2) is 0 Å². The fraction of sp³-hybridized carbons (Fsp3) is 0.389. The topological polar surface area (TPSA) is 63.5 Å². The van der Waals surface area contributed by atoms with Crippen LogP contribution in [0.1, 0.15) is 35.4 Å². The van der Waals surface area contributed by atoms with Crippen molar-refractivity contribution in [3.05, 3.63) is 55.8 Å². The first-order valence-electron chi connectivity index (χ1n) is 8.56. The minimum atomic E-state index is -4.66. The molecule has 0 spiro atoms. The minimum absolute atomic E-state index is 0.0364. The maximum absolute atomic E-state index is 12.8. The summed E-state index contributed by atoms with van der Waals surface area (Å²) in [4.78, 5) is 26.1. The highest BCUT2D eigenvalue weighted by Crippen LogP contribution is 2.38. The number of amides is 1. The molecule has 0 N–H and O–H groups in total. The number of alkyl halides is 3. The monoisotopic (exact) mass is 430 g/mol. The van der Waals surface area contributed by atoms with Crippen LogP contribution in [0.25, 0.3) is 0 Å². The van der Waals surface area contributed by atoms with Gasteiger partial charge in [0.2, 0.25) is 5.91 Å². The molecule has 0 radical (unpaired) electrons. The van der Waals surface area contributed by atoms with Gasteiger partial charge in [0, 0.05) is 17.5 Å². The maximum atomic E-state index is 12.8. The van der Waals surface area contributed by atoms with Crippen LogP contribution in [-0.2, 0) is 17.4 Å². The molecule has 3 rings (SSSR count). The van der Waals surface area contributed by atoms with E-state index < -0.39 is 22.4 Å². The normalized spacial score (nSPS) is 16.7. The van der Waals surface area contributed by atoms with Gasteiger partial charge in [0.25, 0.3) is 5.69 Å². The molecule has 0 bridgehead atoms. The molecule has 0 fully saturated rings. The number of hydrogen-bond acceptors (Lipinski definition) is 5. The van der Waals surface area contributed by atoms with Crippen molar-refractivity contribution in [2.75, 3.05) is 12.3 Å². The Hall–Kier alpha value is -2.07. The number of carbonyl (C=O) groups is 1. The van der Waals surface area contributed by atoms with Crippen LogP contribution in [0.4, 0.5) is 18.9 Å². The Labute approximate surface area is 167 Å². The quantitative estimate of drug-likeness (QED) is 0.367. The number of halogens is 3. The lowest BCUT2D eigenvalue weighted by Crippen LogP contribution is -2.40. The fourth-order valence-electron chi connectivity index (χ4n) is 3.32. The van der Waals surface area contributed by atoms with Crippen molar-refractivity contribution in [1.29, 1.82) is 0 Å². The number of fused-ring (bicyclic) bond motifs is 1. The molecule has 1 unspecified atom stereocenters. The van der Waals surface area contributed by atoms with Gasteiger partial charge in [-0.3, -0.25) is 14.9 Å². The molecule has 2 aromatic rings. The van der Waals surface area contributed by atoms with Gasteiger partial charge in [-0.2, -0.15) is 13.2 Å². The smallest absolute Gasteiger partial charge is 0.335 e. The molecule has 1 aliphatic heterocycles. The molecule has 0 saturated carbocycles. The van der Waals surface area contributed by atoms with Crippen LogP contribution in [0, 0.1) is 10.1 Å². The molecule has 10 heteroatoms. The zero-order chi connectivity index (χ0) is 20.5. The predicted octanol–water partition coefficient (Wildman–Crippen LogP) is 5.30. The SMILES string of the molecule is CCC1c2ccsc2CCN1C(=O)CSc1ccc(C(F)(F)F)cc1[N+](=O)[O-]. The van der Waals surface area contributed by atoms with E-state index >= 15 is 0 Å². The molecule has 28 heavy (non-hydrogen) atoms. The molecule has 5 nitrogen and oxygen atoms in total. The standard InChI is InChI=1S/C18H17F3N2O3S2/c1-2-13-12-6-8-27-15(12)5-7-22(13)17(24)10-28-16-4-3-11(18(19,20)21)9-14(16)23(25)26/h3-4,6,8-9,13H,2,5,7,10H2,1H3. The summed E-state index contributed by atoms with van der Waals surface area (Å²) in [5.41, 5.74) is -0.585. The number of thiophene rings is 1. The first-order chi connectivity index (χ1) is 13.2. The van der Waals surface area contributed by atoms with Crippen LogP contribution < -0.4 is 0 Å². The number of nitro benzene ring substituents is 1. The molecule has 0 aliphatic carbocycles. The van der Waals surface area contributed by atoms with Gasteiger partial charge in [-0.15, -0.1) is 23.1 Å². The number of nitrogens with zero attached hydrogens (tertiary/aromatic N) is 2. The van der Waals surface area contributed by atoms with Gasteiger partial charge in [-0.05, 0) is 42.0 Å². The van der Waals surface area contributed by atoms with Crippen molar-refractivity contribution in [2.24, 2.45) is 0 Å². The molecular weight excluding hydrogens is 413 g/mol. The summed E-state index contributed by atoms with van der Waals surface area (Å²) in [6.45, 7) is 2.56. The van der Waals surface area contributed by atoms with E-state index in [1.54, 1.807) is 16.2 Å². The lowest BCUT2D eigenvalue weighted by Gasteiger charge is -2.35. The van der Waals surface area contributed by atoms with Crippen LogP contribution in [0.5, 0.6) is 0 Å². The second-order valence-electron chi connectivity index (χ2n) is 6.29.